The van der Waals surface area contributed by atoms with E-state index in [1.54, 1.807) is 24.4 Å². The molecule has 1 aromatic carbocycles. The summed E-state index contributed by atoms with van der Waals surface area (Å²) in [4.78, 5) is 7.96. The highest BCUT2D eigenvalue weighted by Crippen LogP contribution is 2.24. The van der Waals surface area contributed by atoms with E-state index in [-0.39, 0.29) is 0 Å². The van der Waals surface area contributed by atoms with Gasteiger partial charge in [0.2, 0.25) is 0 Å². The summed E-state index contributed by atoms with van der Waals surface area (Å²) in [6.45, 7) is 0. The molecule has 1 aromatic heterocycles. The second-order valence-corrected chi connectivity index (χ2v) is 3.99. The lowest BCUT2D eigenvalue weighted by molar-refractivity contribution is 1.21. The van der Waals surface area contributed by atoms with Crippen molar-refractivity contribution in [3.8, 4) is 0 Å². The van der Waals surface area contributed by atoms with E-state index in [0.717, 1.165) is 5.69 Å². The van der Waals surface area contributed by atoms with Crippen molar-refractivity contribution < 1.29 is 0 Å². The molecule has 0 fully saturated rings. The lowest BCUT2D eigenvalue weighted by Crippen LogP contribution is -1.98. The zero-order chi connectivity index (χ0) is 11.5. The Morgan fingerprint density at radius 3 is 2.38 bits per heavy atom. The Morgan fingerprint density at radius 1 is 1.06 bits per heavy atom. The number of nitrogen functional groups attached to an aromatic ring is 1. The van der Waals surface area contributed by atoms with Crippen molar-refractivity contribution in [2.45, 2.75) is 0 Å². The average molecular weight is 255 g/mol. The first-order chi connectivity index (χ1) is 7.63. The zero-order valence-corrected chi connectivity index (χ0v) is 9.63. The summed E-state index contributed by atoms with van der Waals surface area (Å²) >= 11 is 11.7. The minimum absolute atomic E-state index is 0.345. The number of rotatable bonds is 2. The highest BCUT2D eigenvalue weighted by atomic mass is 35.5. The van der Waals surface area contributed by atoms with Crippen LogP contribution in [0.4, 0.5) is 17.3 Å². The number of aromatic nitrogens is 2. The Bertz CT molecular complexity index is 496. The van der Waals surface area contributed by atoms with Crippen LogP contribution in [-0.4, -0.2) is 9.97 Å². The smallest absolute Gasteiger partial charge is 0.151 e. The number of anilines is 3. The number of hydrogen-bond donors (Lipinski definition) is 2. The van der Waals surface area contributed by atoms with Crippen LogP contribution in [0.5, 0.6) is 0 Å². The minimum Gasteiger partial charge on any atom is -0.382 e. The third-order valence-electron chi connectivity index (χ3n) is 1.79. The van der Waals surface area contributed by atoms with E-state index in [4.69, 9.17) is 28.9 Å². The predicted octanol–water partition coefficient (Wildman–Crippen LogP) is 3.11. The summed E-state index contributed by atoms with van der Waals surface area (Å²) in [6, 6.07) is 5.12. The molecule has 0 aliphatic rings. The molecule has 0 amide bonds. The molecule has 4 nitrogen and oxygen atoms in total. The number of benzene rings is 1. The van der Waals surface area contributed by atoms with E-state index in [1.807, 2.05) is 0 Å². The van der Waals surface area contributed by atoms with Crippen LogP contribution in [0.1, 0.15) is 0 Å². The first-order valence-electron chi connectivity index (χ1n) is 4.44. The van der Waals surface area contributed by atoms with Gasteiger partial charge in [-0.25, -0.2) is 4.98 Å². The molecule has 0 saturated heterocycles. The second kappa shape index (κ2) is 4.55. The summed E-state index contributed by atoms with van der Waals surface area (Å²) in [5, 5.41) is 4.10. The molecule has 3 N–H and O–H groups in total. The molecular weight excluding hydrogens is 247 g/mol. The summed E-state index contributed by atoms with van der Waals surface area (Å²) in [5.41, 5.74) is 6.24. The fourth-order valence-electron chi connectivity index (χ4n) is 1.22. The van der Waals surface area contributed by atoms with Gasteiger partial charge in [-0.15, -0.1) is 0 Å². The summed E-state index contributed by atoms with van der Waals surface area (Å²) in [7, 11) is 0. The van der Waals surface area contributed by atoms with Gasteiger partial charge in [0.05, 0.1) is 12.4 Å². The Balaban J connectivity index is 2.27. The summed E-state index contributed by atoms with van der Waals surface area (Å²) < 4.78 is 0. The Hall–Kier alpha value is -1.52. The highest BCUT2D eigenvalue weighted by Gasteiger charge is 2.00. The molecule has 0 atom stereocenters. The van der Waals surface area contributed by atoms with Crippen LogP contribution in [-0.2, 0) is 0 Å². The normalized spacial score (nSPS) is 10.1. The van der Waals surface area contributed by atoms with Crippen molar-refractivity contribution >= 4 is 40.5 Å². The molecule has 6 heteroatoms. The number of nitrogens with two attached hydrogens (primary N) is 1. The molecule has 0 aliphatic heterocycles. The van der Waals surface area contributed by atoms with Crippen LogP contribution in [0.25, 0.3) is 0 Å². The average Bonchev–Trinajstić information content (AvgIpc) is 2.15. The quantitative estimate of drug-likeness (QED) is 0.865. The maximum absolute atomic E-state index is 5.86. The second-order valence-electron chi connectivity index (χ2n) is 3.11. The molecule has 2 aromatic rings. The fraction of sp³-hybridized carbons (Fsp3) is 0. The van der Waals surface area contributed by atoms with Crippen molar-refractivity contribution in [2.24, 2.45) is 0 Å². The van der Waals surface area contributed by atoms with E-state index >= 15 is 0 Å². The monoisotopic (exact) mass is 254 g/mol. The maximum Gasteiger partial charge on any atom is 0.151 e. The Kier molecular flexibility index (Phi) is 3.12. The van der Waals surface area contributed by atoms with Gasteiger partial charge >= 0.3 is 0 Å². The van der Waals surface area contributed by atoms with Crippen LogP contribution in [0.3, 0.4) is 0 Å². The van der Waals surface area contributed by atoms with Gasteiger partial charge in [0.25, 0.3) is 0 Å². The fourth-order valence-corrected chi connectivity index (χ4v) is 1.74. The van der Waals surface area contributed by atoms with Crippen LogP contribution in [0, 0.1) is 0 Å². The molecule has 16 heavy (non-hydrogen) atoms. The number of nitrogens with one attached hydrogen (secondary N) is 1. The SMILES string of the molecule is Nc1cncc(Nc2cc(Cl)cc(Cl)c2)n1. The molecule has 0 saturated carbocycles. The molecule has 82 valence electrons. The van der Waals surface area contributed by atoms with Crippen molar-refractivity contribution in [2.75, 3.05) is 11.1 Å². The number of nitrogens with zero attached hydrogens (tertiary/aromatic N) is 2. The van der Waals surface area contributed by atoms with Crippen LogP contribution in [0.2, 0.25) is 10.0 Å². The number of halogens is 2. The van der Waals surface area contributed by atoms with E-state index in [0.29, 0.717) is 21.7 Å². The minimum atomic E-state index is 0.345. The van der Waals surface area contributed by atoms with Gasteiger partial charge in [-0.1, -0.05) is 23.2 Å². The molecule has 0 unspecified atom stereocenters. The lowest BCUT2D eigenvalue weighted by Gasteiger charge is -2.06. The largest absolute Gasteiger partial charge is 0.382 e. The molecule has 0 spiro atoms. The first kappa shape index (κ1) is 11.0. The number of hydrogen-bond acceptors (Lipinski definition) is 4. The van der Waals surface area contributed by atoms with Gasteiger partial charge in [-0.05, 0) is 18.2 Å². The highest BCUT2D eigenvalue weighted by molar-refractivity contribution is 6.35. The first-order valence-corrected chi connectivity index (χ1v) is 5.20. The van der Waals surface area contributed by atoms with Gasteiger partial charge < -0.3 is 11.1 Å². The van der Waals surface area contributed by atoms with Crippen LogP contribution in [0.15, 0.2) is 30.6 Å². The molecule has 0 bridgehead atoms. The third kappa shape index (κ3) is 2.74. The summed E-state index contributed by atoms with van der Waals surface area (Å²) in [5.74, 6) is 0.886. The molecule has 0 aliphatic carbocycles. The molecule has 2 rings (SSSR count). The van der Waals surface area contributed by atoms with Gasteiger partial charge in [-0.2, -0.15) is 0 Å². The predicted molar refractivity (Wildman–Crippen MR) is 66.2 cm³/mol. The van der Waals surface area contributed by atoms with E-state index < -0.39 is 0 Å². The van der Waals surface area contributed by atoms with Crippen molar-refractivity contribution in [1.29, 1.82) is 0 Å². The van der Waals surface area contributed by atoms with Crippen molar-refractivity contribution in [3.05, 3.63) is 40.6 Å². The van der Waals surface area contributed by atoms with Gasteiger partial charge in [0.15, 0.2) is 5.82 Å². The van der Waals surface area contributed by atoms with E-state index in [9.17, 15) is 0 Å². The van der Waals surface area contributed by atoms with Crippen molar-refractivity contribution in [3.63, 3.8) is 0 Å². The molecular formula is C10H8Cl2N4. The zero-order valence-electron chi connectivity index (χ0n) is 8.11. The van der Waals surface area contributed by atoms with E-state index in [2.05, 4.69) is 15.3 Å². The van der Waals surface area contributed by atoms with Crippen LogP contribution >= 0.6 is 23.2 Å². The van der Waals surface area contributed by atoms with Crippen LogP contribution < -0.4 is 11.1 Å². The third-order valence-corrected chi connectivity index (χ3v) is 2.22. The van der Waals surface area contributed by atoms with Crippen molar-refractivity contribution in [1.82, 2.24) is 9.97 Å². The van der Waals surface area contributed by atoms with E-state index in [1.165, 1.54) is 6.20 Å². The standard InChI is InChI=1S/C10H8Cl2N4/c11-6-1-7(12)3-8(2-6)15-10-5-14-4-9(13)16-10/h1-5H,(H3,13,15,16). The Labute approximate surface area is 102 Å². The Morgan fingerprint density at radius 2 is 1.75 bits per heavy atom. The summed E-state index contributed by atoms with van der Waals surface area (Å²) in [6.07, 6.45) is 3.03. The topological polar surface area (TPSA) is 63.8 Å². The maximum atomic E-state index is 5.86. The van der Waals surface area contributed by atoms with Gasteiger partial charge in [0.1, 0.15) is 5.82 Å². The lowest BCUT2D eigenvalue weighted by atomic mass is 10.3. The van der Waals surface area contributed by atoms with Gasteiger partial charge in [-0.3, -0.25) is 4.98 Å². The molecule has 0 radical (unpaired) electrons. The molecule has 1 heterocycles. The van der Waals surface area contributed by atoms with Gasteiger partial charge in [0, 0.05) is 15.7 Å².